The molecule has 23 heavy (non-hydrogen) atoms. The lowest BCUT2D eigenvalue weighted by Gasteiger charge is -2.33. The number of rotatable bonds is 5. The summed E-state index contributed by atoms with van der Waals surface area (Å²) in [6.07, 6.45) is 7.46. The number of fused-ring (bicyclic) bond motifs is 1. The fourth-order valence-electron chi connectivity index (χ4n) is 4.06. The van der Waals surface area contributed by atoms with Crippen molar-refractivity contribution in [2.24, 2.45) is 5.92 Å². The van der Waals surface area contributed by atoms with Crippen molar-refractivity contribution in [3.63, 3.8) is 0 Å². The molecule has 5 heteroatoms. The molecule has 132 valence electrons. The molecule has 3 aliphatic rings. The zero-order valence-corrected chi connectivity index (χ0v) is 14.9. The molecule has 2 N–H and O–H groups in total. The molecule has 0 radical (unpaired) electrons. The Bertz CT molecular complexity index is 417. The second-order valence-corrected chi connectivity index (χ2v) is 8.49. The SMILES string of the molecule is CC(C)(C)OC(=O)NC(CNC1CCN2CCCCC12)C1CC1. The van der Waals surface area contributed by atoms with Gasteiger partial charge in [0.25, 0.3) is 0 Å². The Morgan fingerprint density at radius 2 is 1.96 bits per heavy atom. The molecule has 1 amide bonds. The minimum absolute atomic E-state index is 0.211. The number of piperidine rings is 1. The van der Waals surface area contributed by atoms with Crippen LogP contribution in [0.25, 0.3) is 0 Å². The van der Waals surface area contributed by atoms with Crippen LogP contribution in [0.5, 0.6) is 0 Å². The zero-order valence-electron chi connectivity index (χ0n) is 14.9. The summed E-state index contributed by atoms with van der Waals surface area (Å²) in [4.78, 5) is 14.7. The van der Waals surface area contributed by atoms with Crippen molar-refractivity contribution in [1.82, 2.24) is 15.5 Å². The highest BCUT2D eigenvalue weighted by Crippen LogP contribution is 2.33. The molecule has 2 saturated heterocycles. The molecule has 2 aliphatic heterocycles. The maximum absolute atomic E-state index is 12.1. The Kier molecular flexibility index (Phi) is 5.16. The van der Waals surface area contributed by atoms with Crippen LogP contribution in [0.4, 0.5) is 4.79 Å². The second kappa shape index (κ2) is 6.98. The monoisotopic (exact) mass is 323 g/mol. The molecule has 0 aromatic carbocycles. The van der Waals surface area contributed by atoms with Crippen LogP contribution in [0.1, 0.15) is 59.3 Å². The van der Waals surface area contributed by atoms with E-state index in [1.54, 1.807) is 0 Å². The van der Waals surface area contributed by atoms with Crippen LogP contribution in [0, 0.1) is 5.92 Å². The number of hydrogen-bond acceptors (Lipinski definition) is 4. The van der Waals surface area contributed by atoms with Gasteiger partial charge in [-0.25, -0.2) is 4.79 Å². The van der Waals surface area contributed by atoms with Crippen molar-refractivity contribution in [2.75, 3.05) is 19.6 Å². The molecule has 3 rings (SSSR count). The predicted molar refractivity (Wildman–Crippen MR) is 91.5 cm³/mol. The lowest BCUT2D eigenvalue weighted by Crippen LogP contribution is -2.51. The maximum atomic E-state index is 12.1. The minimum Gasteiger partial charge on any atom is -0.444 e. The third-order valence-corrected chi connectivity index (χ3v) is 5.35. The van der Waals surface area contributed by atoms with Gasteiger partial charge in [-0.05, 0) is 65.3 Å². The molecule has 3 atom stereocenters. The van der Waals surface area contributed by atoms with Gasteiger partial charge < -0.3 is 15.4 Å². The van der Waals surface area contributed by atoms with E-state index in [1.807, 2.05) is 20.8 Å². The predicted octanol–water partition coefficient (Wildman–Crippen LogP) is 2.51. The van der Waals surface area contributed by atoms with Gasteiger partial charge in [0.2, 0.25) is 0 Å². The highest BCUT2D eigenvalue weighted by molar-refractivity contribution is 5.68. The van der Waals surface area contributed by atoms with Gasteiger partial charge in [0.15, 0.2) is 0 Å². The van der Waals surface area contributed by atoms with E-state index < -0.39 is 5.60 Å². The molecule has 0 aromatic rings. The Morgan fingerprint density at radius 3 is 2.65 bits per heavy atom. The number of amides is 1. The molecular weight excluding hydrogens is 290 g/mol. The van der Waals surface area contributed by atoms with E-state index >= 15 is 0 Å². The summed E-state index contributed by atoms with van der Waals surface area (Å²) >= 11 is 0. The van der Waals surface area contributed by atoms with Gasteiger partial charge >= 0.3 is 6.09 Å². The average molecular weight is 323 g/mol. The molecule has 2 heterocycles. The number of carbonyl (C=O) groups is 1. The molecule has 3 fully saturated rings. The molecular formula is C18H33N3O2. The molecule has 0 aromatic heterocycles. The van der Waals surface area contributed by atoms with Gasteiger partial charge in [0.1, 0.15) is 5.60 Å². The van der Waals surface area contributed by atoms with E-state index in [9.17, 15) is 4.79 Å². The fourth-order valence-corrected chi connectivity index (χ4v) is 4.06. The van der Waals surface area contributed by atoms with Crippen LogP contribution < -0.4 is 10.6 Å². The first-order chi connectivity index (χ1) is 10.9. The number of carbonyl (C=O) groups excluding carboxylic acids is 1. The number of alkyl carbamates (subject to hydrolysis) is 1. The van der Waals surface area contributed by atoms with Gasteiger partial charge in [-0.1, -0.05) is 6.42 Å². The van der Waals surface area contributed by atoms with Crippen LogP contribution in [0.3, 0.4) is 0 Å². The van der Waals surface area contributed by atoms with E-state index in [-0.39, 0.29) is 12.1 Å². The Balaban J connectivity index is 1.47. The Morgan fingerprint density at radius 1 is 1.17 bits per heavy atom. The second-order valence-electron chi connectivity index (χ2n) is 8.49. The topological polar surface area (TPSA) is 53.6 Å². The first kappa shape index (κ1) is 17.0. The summed E-state index contributed by atoms with van der Waals surface area (Å²) in [5.41, 5.74) is -0.431. The van der Waals surface area contributed by atoms with Crippen molar-refractivity contribution in [3.05, 3.63) is 0 Å². The standard InChI is InChI=1S/C18H33N3O2/c1-18(2,3)23-17(22)20-15(13-7-8-13)12-19-14-9-11-21-10-5-4-6-16(14)21/h13-16,19H,4-12H2,1-3H3,(H,20,22). The molecule has 1 saturated carbocycles. The summed E-state index contributed by atoms with van der Waals surface area (Å²) in [5, 5.41) is 6.85. The summed E-state index contributed by atoms with van der Waals surface area (Å²) < 4.78 is 5.42. The maximum Gasteiger partial charge on any atom is 0.407 e. The third-order valence-electron chi connectivity index (χ3n) is 5.35. The quantitative estimate of drug-likeness (QED) is 0.816. The van der Waals surface area contributed by atoms with Crippen LogP contribution in [-0.4, -0.2) is 54.4 Å². The Labute approximate surface area is 140 Å². The number of hydrogen-bond donors (Lipinski definition) is 2. The molecule has 3 unspecified atom stereocenters. The lowest BCUT2D eigenvalue weighted by atomic mass is 9.98. The van der Waals surface area contributed by atoms with E-state index in [4.69, 9.17) is 4.74 Å². The summed E-state index contributed by atoms with van der Waals surface area (Å²) in [5.74, 6) is 0.624. The normalized spacial score (nSPS) is 29.9. The Hall–Kier alpha value is -0.810. The largest absolute Gasteiger partial charge is 0.444 e. The van der Waals surface area contributed by atoms with Crippen molar-refractivity contribution >= 4 is 6.09 Å². The number of nitrogens with zero attached hydrogens (tertiary/aromatic N) is 1. The van der Waals surface area contributed by atoms with Gasteiger partial charge in [-0.3, -0.25) is 4.90 Å². The van der Waals surface area contributed by atoms with Crippen molar-refractivity contribution < 1.29 is 9.53 Å². The van der Waals surface area contributed by atoms with Gasteiger partial charge in [0, 0.05) is 31.2 Å². The van der Waals surface area contributed by atoms with E-state index in [2.05, 4.69) is 15.5 Å². The smallest absolute Gasteiger partial charge is 0.407 e. The van der Waals surface area contributed by atoms with Crippen LogP contribution in [0.15, 0.2) is 0 Å². The van der Waals surface area contributed by atoms with Gasteiger partial charge in [-0.15, -0.1) is 0 Å². The van der Waals surface area contributed by atoms with Crippen LogP contribution >= 0.6 is 0 Å². The van der Waals surface area contributed by atoms with Crippen molar-refractivity contribution in [2.45, 2.75) is 83.0 Å². The molecule has 0 spiro atoms. The highest BCUT2D eigenvalue weighted by atomic mass is 16.6. The average Bonchev–Trinajstić information content (AvgIpc) is 3.23. The third kappa shape index (κ3) is 4.83. The first-order valence-corrected chi connectivity index (χ1v) is 9.39. The molecule has 0 bridgehead atoms. The first-order valence-electron chi connectivity index (χ1n) is 9.39. The van der Waals surface area contributed by atoms with Gasteiger partial charge in [0.05, 0.1) is 0 Å². The molecule has 1 aliphatic carbocycles. The van der Waals surface area contributed by atoms with E-state index in [0.717, 1.165) is 6.54 Å². The number of ether oxygens (including phenoxy) is 1. The fraction of sp³-hybridized carbons (Fsp3) is 0.944. The molecule has 5 nitrogen and oxygen atoms in total. The van der Waals surface area contributed by atoms with Crippen molar-refractivity contribution in [1.29, 1.82) is 0 Å². The summed E-state index contributed by atoms with van der Waals surface area (Å²) in [6.45, 7) is 9.10. The van der Waals surface area contributed by atoms with Crippen LogP contribution in [-0.2, 0) is 4.74 Å². The van der Waals surface area contributed by atoms with E-state index in [0.29, 0.717) is 18.0 Å². The number of nitrogens with one attached hydrogen (secondary N) is 2. The minimum atomic E-state index is -0.431. The van der Waals surface area contributed by atoms with E-state index in [1.165, 1.54) is 51.6 Å². The lowest BCUT2D eigenvalue weighted by molar-refractivity contribution is 0.0496. The van der Waals surface area contributed by atoms with Crippen molar-refractivity contribution in [3.8, 4) is 0 Å². The highest BCUT2D eigenvalue weighted by Gasteiger charge is 2.37. The van der Waals surface area contributed by atoms with Gasteiger partial charge in [-0.2, -0.15) is 0 Å². The zero-order chi connectivity index (χ0) is 16.4. The summed E-state index contributed by atoms with van der Waals surface area (Å²) in [7, 11) is 0. The van der Waals surface area contributed by atoms with Crippen LogP contribution in [0.2, 0.25) is 0 Å². The summed E-state index contributed by atoms with van der Waals surface area (Å²) in [6, 6.07) is 1.52.